The molecule has 1 aliphatic rings. The zero-order valence-corrected chi connectivity index (χ0v) is 19.3. The quantitative estimate of drug-likeness (QED) is 0.516. The maximum atomic E-state index is 13.6. The zero-order chi connectivity index (χ0) is 26.0. The van der Waals surface area contributed by atoms with Gasteiger partial charge in [-0.1, -0.05) is 12.1 Å². The van der Waals surface area contributed by atoms with Gasteiger partial charge in [0.1, 0.15) is 29.4 Å². The molecular weight excluding hydrogens is 474 g/mol. The molecule has 1 saturated heterocycles. The molecule has 0 radical (unpaired) electrons. The van der Waals surface area contributed by atoms with Crippen molar-refractivity contribution in [2.45, 2.75) is 57.6 Å². The second kappa shape index (κ2) is 10.3. The van der Waals surface area contributed by atoms with Crippen molar-refractivity contribution in [3.63, 3.8) is 0 Å². The third kappa shape index (κ3) is 7.51. The number of hydrogen-bond acceptors (Lipinski definition) is 7. The number of nitrogens with one attached hydrogen (secondary N) is 1. The summed E-state index contributed by atoms with van der Waals surface area (Å²) in [6, 6.07) is 7.89. The van der Waals surface area contributed by atoms with Gasteiger partial charge < -0.3 is 25.0 Å². The highest BCUT2D eigenvalue weighted by Gasteiger charge is 2.35. The number of alkyl halides is 4. The van der Waals surface area contributed by atoms with Crippen molar-refractivity contribution in [1.29, 1.82) is 0 Å². The Balaban J connectivity index is 1.78. The standard InChI is InChI=1S/C23H27F4N3O5/c1-22(2,3)35-21(33)28-10-13-7-18(23(25,26)27)29-19(8-13)34-15-6-4-5-14(9-15)20(32)30-11-16(24)17(31)12-30/h4-9,16-17,20,31-32H,10-12H2,1-3H3,(H,28,33)/t16-,17-,20?/m0/s1. The number of β-amino-alcohol motifs (C(OH)–C–C–N with tert-alkyl or cyclic N) is 1. The molecule has 2 heterocycles. The summed E-state index contributed by atoms with van der Waals surface area (Å²) in [6.45, 7) is 4.45. The van der Waals surface area contributed by atoms with Gasteiger partial charge in [-0.05, 0) is 50.1 Å². The minimum Gasteiger partial charge on any atom is -0.444 e. The number of carbonyl (C=O) groups excluding carboxylic acids is 1. The van der Waals surface area contributed by atoms with Gasteiger partial charge in [0.2, 0.25) is 5.88 Å². The molecule has 0 saturated carbocycles. The maximum absolute atomic E-state index is 13.6. The lowest BCUT2D eigenvalue weighted by Crippen LogP contribution is -2.32. The summed E-state index contributed by atoms with van der Waals surface area (Å²) in [5.41, 5.74) is -1.62. The first-order chi connectivity index (χ1) is 16.2. The van der Waals surface area contributed by atoms with Crippen molar-refractivity contribution < 1.29 is 42.0 Å². The van der Waals surface area contributed by atoms with Gasteiger partial charge in [0.25, 0.3) is 0 Å². The van der Waals surface area contributed by atoms with E-state index in [4.69, 9.17) is 9.47 Å². The van der Waals surface area contributed by atoms with E-state index in [0.717, 1.165) is 6.07 Å². The molecule has 2 aromatic rings. The summed E-state index contributed by atoms with van der Waals surface area (Å²) in [4.78, 5) is 16.7. The van der Waals surface area contributed by atoms with E-state index in [1.807, 2.05) is 0 Å². The van der Waals surface area contributed by atoms with Crippen LogP contribution in [0.5, 0.6) is 11.6 Å². The highest BCUT2D eigenvalue weighted by molar-refractivity contribution is 5.67. The van der Waals surface area contributed by atoms with E-state index in [-0.39, 0.29) is 36.8 Å². The van der Waals surface area contributed by atoms with Crippen LogP contribution in [-0.4, -0.2) is 57.2 Å². The summed E-state index contributed by atoms with van der Waals surface area (Å²) in [6.07, 6.45) is -9.53. The summed E-state index contributed by atoms with van der Waals surface area (Å²) in [5, 5.41) is 22.5. The Morgan fingerprint density at radius 2 is 1.94 bits per heavy atom. The predicted molar refractivity (Wildman–Crippen MR) is 116 cm³/mol. The molecule has 1 unspecified atom stereocenters. The van der Waals surface area contributed by atoms with Gasteiger partial charge >= 0.3 is 12.3 Å². The number of aliphatic hydroxyl groups is 2. The first kappa shape index (κ1) is 26.6. The Labute approximate surface area is 199 Å². The molecule has 0 spiro atoms. The number of nitrogens with zero attached hydrogens (tertiary/aromatic N) is 2. The fraction of sp³-hybridized carbons (Fsp3) is 0.478. The number of alkyl carbamates (subject to hydrolysis) is 1. The molecule has 3 rings (SSSR count). The van der Waals surface area contributed by atoms with E-state index in [0.29, 0.717) is 5.56 Å². The fourth-order valence-electron chi connectivity index (χ4n) is 3.39. The number of benzene rings is 1. The number of carbonyl (C=O) groups is 1. The first-order valence-corrected chi connectivity index (χ1v) is 10.8. The Hall–Kier alpha value is -2.96. The average Bonchev–Trinajstić information content (AvgIpc) is 3.08. The van der Waals surface area contributed by atoms with Crippen molar-refractivity contribution in [3.05, 3.63) is 53.2 Å². The molecule has 35 heavy (non-hydrogen) atoms. The lowest BCUT2D eigenvalue weighted by molar-refractivity contribution is -0.141. The van der Waals surface area contributed by atoms with E-state index < -0.39 is 42.1 Å². The number of ether oxygens (including phenoxy) is 2. The Morgan fingerprint density at radius 1 is 1.23 bits per heavy atom. The normalized spacial score (nSPS) is 19.9. The minimum atomic E-state index is -4.77. The van der Waals surface area contributed by atoms with Gasteiger partial charge in [-0.2, -0.15) is 13.2 Å². The van der Waals surface area contributed by atoms with Crippen LogP contribution in [0, 0.1) is 0 Å². The van der Waals surface area contributed by atoms with Crippen molar-refractivity contribution in [1.82, 2.24) is 15.2 Å². The van der Waals surface area contributed by atoms with E-state index in [9.17, 15) is 32.6 Å². The summed E-state index contributed by atoms with van der Waals surface area (Å²) < 4.78 is 64.4. The van der Waals surface area contributed by atoms with Crippen molar-refractivity contribution in [2.24, 2.45) is 0 Å². The van der Waals surface area contributed by atoms with E-state index >= 15 is 0 Å². The lowest BCUT2D eigenvalue weighted by Gasteiger charge is -2.23. The van der Waals surface area contributed by atoms with Crippen LogP contribution < -0.4 is 10.1 Å². The van der Waals surface area contributed by atoms with Crippen molar-refractivity contribution in [2.75, 3.05) is 13.1 Å². The van der Waals surface area contributed by atoms with E-state index in [2.05, 4.69) is 10.3 Å². The first-order valence-electron chi connectivity index (χ1n) is 10.8. The number of halogens is 4. The van der Waals surface area contributed by atoms with Gasteiger partial charge in [0, 0.05) is 25.7 Å². The molecule has 3 atom stereocenters. The Morgan fingerprint density at radius 3 is 2.54 bits per heavy atom. The van der Waals surface area contributed by atoms with Gasteiger partial charge in [-0.3, -0.25) is 4.90 Å². The highest BCUT2D eigenvalue weighted by atomic mass is 19.4. The van der Waals surface area contributed by atoms with Gasteiger partial charge in [-0.25, -0.2) is 14.2 Å². The smallest absolute Gasteiger partial charge is 0.433 e. The van der Waals surface area contributed by atoms with Gasteiger partial charge in [-0.15, -0.1) is 0 Å². The van der Waals surface area contributed by atoms with Crippen molar-refractivity contribution in [3.8, 4) is 11.6 Å². The molecule has 3 N–H and O–H groups in total. The molecule has 1 aromatic heterocycles. The minimum absolute atomic E-state index is 0.0728. The summed E-state index contributed by atoms with van der Waals surface area (Å²) >= 11 is 0. The number of aliphatic hydroxyl groups excluding tert-OH is 2. The Kier molecular flexibility index (Phi) is 7.87. The molecule has 1 fully saturated rings. The van der Waals surface area contributed by atoms with Crippen LogP contribution in [0.25, 0.3) is 0 Å². The number of aromatic nitrogens is 1. The number of amides is 1. The van der Waals surface area contributed by atoms with Crippen molar-refractivity contribution >= 4 is 6.09 Å². The van der Waals surface area contributed by atoms with Crippen LogP contribution in [0.2, 0.25) is 0 Å². The molecular formula is C23H27F4N3O5. The average molecular weight is 501 g/mol. The SMILES string of the molecule is CC(C)(C)OC(=O)NCc1cc(Oc2cccc(C(O)N3C[C@H](O)[C@@H](F)C3)c2)nc(C(F)(F)F)c1. The number of rotatable bonds is 6. The maximum Gasteiger partial charge on any atom is 0.433 e. The summed E-state index contributed by atoms with van der Waals surface area (Å²) in [5.74, 6) is -0.302. The molecule has 12 heteroatoms. The van der Waals surface area contributed by atoms with Gasteiger partial charge in [0.15, 0.2) is 0 Å². The molecule has 8 nitrogen and oxygen atoms in total. The summed E-state index contributed by atoms with van der Waals surface area (Å²) in [7, 11) is 0. The molecule has 1 amide bonds. The largest absolute Gasteiger partial charge is 0.444 e. The van der Waals surface area contributed by atoms with Crippen LogP contribution in [0.15, 0.2) is 36.4 Å². The molecule has 1 aliphatic heterocycles. The van der Waals surface area contributed by atoms with Gasteiger partial charge in [0.05, 0.1) is 6.10 Å². The third-order valence-corrected chi connectivity index (χ3v) is 4.96. The molecule has 1 aromatic carbocycles. The van der Waals surface area contributed by atoms with Crippen LogP contribution in [0.1, 0.15) is 43.8 Å². The fourth-order valence-corrected chi connectivity index (χ4v) is 3.39. The number of hydrogen-bond donors (Lipinski definition) is 3. The number of pyridine rings is 1. The zero-order valence-electron chi connectivity index (χ0n) is 19.3. The molecule has 0 bridgehead atoms. The number of likely N-dealkylation sites (tertiary alicyclic amines) is 1. The Bertz CT molecular complexity index is 1030. The predicted octanol–water partition coefficient (Wildman–Crippen LogP) is 3.92. The monoisotopic (exact) mass is 501 g/mol. The second-order valence-corrected chi connectivity index (χ2v) is 9.14. The highest BCUT2D eigenvalue weighted by Crippen LogP contribution is 2.32. The molecule has 192 valence electrons. The van der Waals surface area contributed by atoms with Crippen LogP contribution in [-0.2, 0) is 17.5 Å². The third-order valence-electron chi connectivity index (χ3n) is 4.96. The second-order valence-electron chi connectivity index (χ2n) is 9.14. The van der Waals surface area contributed by atoms with E-state index in [1.165, 1.54) is 35.2 Å². The van der Waals surface area contributed by atoms with Crippen LogP contribution in [0.3, 0.4) is 0 Å². The lowest BCUT2D eigenvalue weighted by atomic mass is 10.1. The topological polar surface area (TPSA) is 104 Å². The van der Waals surface area contributed by atoms with E-state index in [1.54, 1.807) is 20.8 Å². The molecule has 0 aliphatic carbocycles. The van der Waals surface area contributed by atoms with Crippen LogP contribution in [0.4, 0.5) is 22.4 Å². The van der Waals surface area contributed by atoms with Crippen LogP contribution >= 0.6 is 0 Å².